The Balaban J connectivity index is 2.00. The van der Waals surface area contributed by atoms with E-state index in [1.807, 2.05) is 12.1 Å². The Morgan fingerprint density at radius 2 is 1.73 bits per heavy atom. The summed E-state index contributed by atoms with van der Waals surface area (Å²) in [5, 5.41) is 2.64. The number of rotatable bonds is 6. The van der Waals surface area contributed by atoms with Gasteiger partial charge in [-0.2, -0.15) is 0 Å². The van der Waals surface area contributed by atoms with E-state index in [0.717, 1.165) is 3.57 Å². The second-order valence-corrected chi connectivity index (χ2v) is 6.72. The number of hydrogen-bond donors (Lipinski definition) is 2. The molecule has 0 unspecified atom stereocenters. The van der Waals surface area contributed by atoms with Crippen molar-refractivity contribution >= 4 is 46.1 Å². The lowest BCUT2D eigenvalue weighted by atomic mass is 10.1. The molecule has 0 aliphatic heterocycles. The summed E-state index contributed by atoms with van der Waals surface area (Å²) in [6, 6.07) is 7.22. The number of anilines is 1. The topological polar surface area (TPSA) is 97.5 Å². The Bertz CT molecular complexity index is 827. The van der Waals surface area contributed by atoms with Crippen molar-refractivity contribution in [1.29, 1.82) is 0 Å². The van der Waals surface area contributed by atoms with E-state index in [1.54, 1.807) is 32.9 Å². The Morgan fingerprint density at radius 1 is 1.08 bits per heavy atom. The maximum absolute atomic E-state index is 12.3. The summed E-state index contributed by atoms with van der Waals surface area (Å²) < 4.78 is 11.1. The molecular formula is C18H19IN2O5. The van der Waals surface area contributed by atoms with E-state index in [9.17, 15) is 14.4 Å². The molecule has 0 fully saturated rings. The SMILES string of the molecule is CCOC(=O)c1[nH]c(C)c(C(=O)OCC(=O)Nc2ccc(I)cc2)c1C. The van der Waals surface area contributed by atoms with Crippen molar-refractivity contribution in [1.82, 2.24) is 4.98 Å². The molecule has 0 aliphatic carbocycles. The van der Waals surface area contributed by atoms with Crippen molar-refractivity contribution < 1.29 is 23.9 Å². The van der Waals surface area contributed by atoms with Gasteiger partial charge >= 0.3 is 11.9 Å². The Morgan fingerprint density at radius 3 is 2.35 bits per heavy atom. The van der Waals surface area contributed by atoms with E-state index in [0.29, 0.717) is 16.9 Å². The highest BCUT2D eigenvalue weighted by molar-refractivity contribution is 14.1. The molecule has 2 N–H and O–H groups in total. The molecule has 1 aromatic carbocycles. The standard InChI is InChI=1S/C18H19IN2O5/c1-4-25-18(24)16-10(2)15(11(3)20-16)17(23)26-9-14(22)21-13-7-5-12(19)6-8-13/h5-8,20H,4,9H2,1-3H3,(H,21,22). The van der Waals surface area contributed by atoms with Gasteiger partial charge in [-0.05, 0) is 73.2 Å². The fourth-order valence-electron chi connectivity index (χ4n) is 2.40. The monoisotopic (exact) mass is 470 g/mol. The lowest BCUT2D eigenvalue weighted by Crippen LogP contribution is -2.21. The number of carbonyl (C=O) groups excluding carboxylic acids is 3. The largest absolute Gasteiger partial charge is 0.461 e. The number of halogens is 1. The molecule has 1 heterocycles. The van der Waals surface area contributed by atoms with Crippen LogP contribution in [0.4, 0.5) is 5.69 Å². The van der Waals surface area contributed by atoms with Gasteiger partial charge in [-0.15, -0.1) is 0 Å². The van der Waals surface area contributed by atoms with Crippen LogP contribution in [0.5, 0.6) is 0 Å². The van der Waals surface area contributed by atoms with Gasteiger partial charge < -0.3 is 19.8 Å². The van der Waals surface area contributed by atoms with Gasteiger partial charge in [0.25, 0.3) is 5.91 Å². The average molecular weight is 470 g/mol. The lowest BCUT2D eigenvalue weighted by molar-refractivity contribution is -0.119. The maximum Gasteiger partial charge on any atom is 0.355 e. The fourth-order valence-corrected chi connectivity index (χ4v) is 2.76. The highest BCUT2D eigenvalue weighted by Crippen LogP contribution is 2.20. The van der Waals surface area contributed by atoms with Crippen LogP contribution in [-0.4, -0.2) is 36.0 Å². The summed E-state index contributed by atoms with van der Waals surface area (Å²) in [5.74, 6) is -1.66. The third-order valence-corrected chi connectivity index (χ3v) is 4.30. The molecule has 1 amide bonds. The van der Waals surface area contributed by atoms with Crippen LogP contribution in [0.1, 0.15) is 39.0 Å². The predicted octanol–water partition coefficient (Wildman–Crippen LogP) is 3.21. The van der Waals surface area contributed by atoms with E-state index in [4.69, 9.17) is 9.47 Å². The van der Waals surface area contributed by atoms with Crippen LogP contribution in [0.2, 0.25) is 0 Å². The Labute approximate surface area is 164 Å². The molecule has 0 bridgehead atoms. The minimum atomic E-state index is -0.676. The predicted molar refractivity (Wildman–Crippen MR) is 104 cm³/mol. The van der Waals surface area contributed by atoms with Gasteiger partial charge in [0.05, 0.1) is 12.2 Å². The van der Waals surface area contributed by atoms with E-state index >= 15 is 0 Å². The molecule has 138 valence electrons. The van der Waals surface area contributed by atoms with Crippen molar-refractivity contribution in [3.63, 3.8) is 0 Å². The second-order valence-electron chi connectivity index (χ2n) is 5.48. The van der Waals surface area contributed by atoms with Crippen LogP contribution in [0.25, 0.3) is 0 Å². The number of aromatic amines is 1. The number of benzene rings is 1. The number of aromatic nitrogens is 1. The number of carbonyl (C=O) groups is 3. The molecular weight excluding hydrogens is 451 g/mol. The van der Waals surface area contributed by atoms with E-state index in [-0.39, 0.29) is 17.9 Å². The number of nitrogens with one attached hydrogen (secondary N) is 2. The first-order valence-electron chi connectivity index (χ1n) is 7.92. The van der Waals surface area contributed by atoms with Gasteiger partial charge in [-0.1, -0.05) is 0 Å². The third kappa shape index (κ3) is 4.84. The van der Waals surface area contributed by atoms with Crippen LogP contribution in [-0.2, 0) is 14.3 Å². The zero-order valence-electron chi connectivity index (χ0n) is 14.6. The maximum atomic E-state index is 12.3. The molecule has 8 heteroatoms. The van der Waals surface area contributed by atoms with Gasteiger partial charge in [0.2, 0.25) is 0 Å². The van der Waals surface area contributed by atoms with Crippen molar-refractivity contribution in [3.05, 3.63) is 50.4 Å². The minimum absolute atomic E-state index is 0.208. The molecule has 0 radical (unpaired) electrons. The van der Waals surface area contributed by atoms with Crippen LogP contribution >= 0.6 is 22.6 Å². The van der Waals surface area contributed by atoms with Crippen molar-refractivity contribution in [2.75, 3.05) is 18.5 Å². The summed E-state index contributed by atoms with van der Waals surface area (Å²) in [4.78, 5) is 38.9. The number of ether oxygens (including phenoxy) is 2. The van der Waals surface area contributed by atoms with Gasteiger partial charge in [0, 0.05) is 15.0 Å². The zero-order valence-corrected chi connectivity index (χ0v) is 16.8. The highest BCUT2D eigenvalue weighted by atomic mass is 127. The van der Waals surface area contributed by atoms with E-state index in [1.165, 1.54) is 0 Å². The van der Waals surface area contributed by atoms with Crippen LogP contribution in [0.15, 0.2) is 24.3 Å². The fraction of sp³-hybridized carbons (Fsp3) is 0.278. The highest BCUT2D eigenvalue weighted by Gasteiger charge is 2.24. The normalized spacial score (nSPS) is 10.3. The molecule has 0 aliphatic rings. The molecule has 2 rings (SSSR count). The summed E-state index contributed by atoms with van der Waals surface area (Å²) >= 11 is 2.16. The summed E-state index contributed by atoms with van der Waals surface area (Å²) in [6.07, 6.45) is 0. The molecule has 7 nitrogen and oxygen atoms in total. The average Bonchev–Trinajstić information content (AvgIpc) is 2.90. The third-order valence-electron chi connectivity index (χ3n) is 3.58. The Hall–Kier alpha value is -2.36. The Kier molecular flexibility index (Phi) is 6.78. The summed E-state index contributed by atoms with van der Waals surface area (Å²) in [6.45, 7) is 4.78. The van der Waals surface area contributed by atoms with Crippen LogP contribution < -0.4 is 5.32 Å². The van der Waals surface area contributed by atoms with Crippen LogP contribution in [0.3, 0.4) is 0 Å². The first kappa shape index (κ1) is 20.0. The smallest absolute Gasteiger partial charge is 0.355 e. The van der Waals surface area contributed by atoms with Gasteiger partial charge in [-0.25, -0.2) is 9.59 Å². The molecule has 0 saturated carbocycles. The first-order chi connectivity index (χ1) is 12.3. The van der Waals surface area contributed by atoms with Gasteiger partial charge in [0.15, 0.2) is 6.61 Å². The number of hydrogen-bond acceptors (Lipinski definition) is 5. The lowest BCUT2D eigenvalue weighted by Gasteiger charge is -2.07. The zero-order chi connectivity index (χ0) is 19.3. The van der Waals surface area contributed by atoms with Crippen molar-refractivity contribution in [2.45, 2.75) is 20.8 Å². The number of esters is 2. The number of H-pyrrole nitrogens is 1. The van der Waals surface area contributed by atoms with Crippen LogP contribution in [0, 0.1) is 17.4 Å². The van der Waals surface area contributed by atoms with E-state index in [2.05, 4.69) is 32.9 Å². The molecule has 0 spiro atoms. The van der Waals surface area contributed by atoms with Crippen molar-refractivity contribution in [2.24, 2.45) is 0 Å². The summed E-state index contributed by atoms with van der Waals surface area (Å²) in [7, 11) is 0. The van der Waals surface area contributed by atoms with E-state index < -0.39 is 24.5 Å². The molecule has 0 atom stereocenters. The summed E-state index contributed by atoms with van der Waals surface area (Å²) in [5.41, 5.74) is 1.97. The van der Waals surface area contributed by atoms with Crippen molar-refractivity contribution in [3.8, 4) is 0 Å². The minimum Gasteiger partial charge on any atom is -0.461 e. The number of amides is 1. The number of aryl methyl sites for hydroxylation is 1. The van der Waals surface area contributed by atoms with Gasteiger partial charge in [0.1, 0.15) is 5.69 Å². The molecule has 1 aromatic heterocycles. The second kappa shape index (κ2) is 8.84. The quantitative estimate of drug-likeness (QED) is 0.500. The van der Waals surface area contributed by atoms with Gasteiger partial charge in [-0.3, -0.25) is 4.79 Å². The molecule has 2 aromatic rings. The molecule has 26 heavy (non-hydrogen) atoms. The first-order valence-corrected chi connectivity index (χ1v) is 9.00. The molecule has 0 saturated heterocycles.